The number of sulfonamides is 1. The molecule has 0 bridgehead atoms. The van der Waals surface area contributed by atoms with Gasteiger partial charge in [0.1, 0.15) is 11.7 Å². The van der Waals surface area contributed by atoms with Crippen molar-refractivity contribution in [2.75, 3.05) is 6.54 Å². The molecule has 1 aromatic carbocycles. The third-order valence-electron chi connectivity index (χ3n) is 3.30. The van der Waals surface area contributed by atoms with Crippen LogP contribution in [0.1, 0.15) is 37.7 Å². The van der Waals surface area contributed by atoms with Crippen LogP contribution in [0, 0.1) is 12.7 Å². The highest BCUT2D eigenvalue weighted by Crippen LogP contribution is 2.17. The second-order valence-electron chi connectivity index (χ2n) is 5.01. The van der Waals surface area contributed by atoms with Crippen molar-refractivity contribution >= 4 is 15.9 Å². The SMILES string of the molecule is Cc1cc(F)ccc1S(=O)(=O)NC1=NCCCCCC1. The predicted octanol–water partition coefficient (Wildman–Crippen LogP) is 2.78. The number of benzene rings is 1. The van der Waals surface area contributed by atoms with Crippen molar-refractivity contribution in [1.29, 1.82) is 0 Å². The molecule has 0 spiro atoms. The van der Waals surface area contributed by atoms with Crippen LogP contribution in [0.2, 0.25) is 0 Å². The van der Waals surface area contributed by atoms with Crippen molar-refractivity contribution < 1.29 is 12.8 Å². The van der Waals surface area contributed by atoms with E-state index in [2.05, 4.69) is 9.71 Å². The van der Waals surface area contributed by atoms with E-state index in [1.165, 1.54) is 12.1 Å². The first-order valence-corrected chi connectivity index (χ1v) is 8.30. The van der Waals surface area contributed by atoms with Gasteiger partial charge in [-0.3, -0.25) is 9.71 Å². The molecule has 1 heterocycles. The van der Waals surface area contributed by atoms with Crippen LogP contribution in [-0.4, -0.2) is 20.8 Å². The van der Waals surface area contributed by atoms with Gasteiger partial charge in [0.2, 0.25) is 0 Å². The number of halogens is 1. The van der Waals surface area contributed by atoms with Crippen LogP contribution < -0.4 is 4.72 Å². The lowest BCUT2D eigenvalue weighted by atomic mass is 10.1. The normalized spacial score (nSPS) is 17.0. The van der Waals surface area contributed by atoms with E-state index >= 15 is 0 Å². The van der Waals surface area contributed by atoms with E-state index in [-0.39, 0.29) is 4.90 Å². The Kier molecular flexibility index (Phi) is 4.75. The lowest BCUT2D eigenvalue weighted by Gasteiger charge is -2.14. The van der Waals surface area contributed by atoms with Crippen molar-refractivity contribution in [2.45, 2.75) is 43.9 Å². The molecule has 0 aromatic heterocycles. The lowest BCUT2D eigenvalue weighted by molar-refractivity contribution is 0.587. The first-order valence-electron chi connectivity index (χ1n) is 6.81. The molecule has 0 fully saturated rings. The van der Waals surface area contributed by atoms with Gasteiger partial charge in [0.05, 0.1) is 4.90 Å². The predicted molar refractivity (Wildman–Crippen MR) is 76.8 cm³/mol. The van der Waals surface area contributed by atoms with E-state index in [0.717, 1.165) is 31.7 Å². The average Bonchev–Trinajstić information content (AvgIpc) is 2.31. The van der Waals surface area contributed by atoms with Crippen LogP contribution in [0.5, 0.6) is 0 Å². The molecule has 0 saturated heterocycles. The van der Waals surface area contributed by atoms with E-state index in [4.69, 9.17) is 0 Å². The molecule has 0 saturated carbocycles. The Morgan fingerprint density at radius 1 is 1.20 bits per heavy atom. The minimum atomic E-state index is -3.68. The molecule has 0 atom stereocenters. The summed E-state index contributed by atoms with van der Waals surface area (Å²) >= 11 is 0. The lowest BCUT2D eigenvalue weighted by Crippen LogP contribution is -2.31. The zero-order chi connectivity index (χ0) is 14.6. The highest BCUT2D eigenvalue weighted by atomic mass is 32.2. The summed E-state index contributed by atoms with van der Waals surface area (Å²) in [4.78, 5) is 4.39. The third-order valence-corrected chi connectivity index (χ3v) is 4.84. The van der Waals surface area contributed by atoms with Gasteiger partial charge in [-0.25, -0.2) is 12.8 Å². The van der Waals surface area contributed by atoms with Gasteiger partial charge in [-0.2, -0.15) is 0 Å². The zero-order valence-corrected chi connectivity index (χ0v) is 12.3. The largest absolute Gasteiger partial charge is 0.272 e. The number of hydrogen-bond acceptors (Lipinski definition) is 3. The summed E-state index contributed by atoms with van der Waals surface area (Å²) < 4.78 is 40.2. The fraction of sp³-hybridized carbons (Fsp3) is 0.500. The van der Waals surface area contributed by atoms with Crippen LogP contribution >= 0.6 is 0 Å². The fourth-order valence-electron chi connectivity index (χ4n) is 2.26. The van der Waals surface area contributed by atoms with Gasteiger partial charge in [-0.05, 0) is 43.5 Å². The summed E-state index contributed by atoms with van der Waals surface area (Å²) in [5, 5.41) is 0. The summed E-state index contributed by atoms with van der Waals surface area (Å²) in [6, 6.07) is 3.66. The van der Waals surface area contributed by atoms with Crippen molar-refractivity contribution in [3.05, 3.63) is 29.6 Å². The highest BCUT2D eigenvalue weighted by Gasteiger charge is 2.19. The third kappa shape index (κ3) is 3.79. The van der Waals surface area contributed by atoms with E-state index in [1.54, 1.807) is 6.92 Å². The van der Waals surface area contributed by atoms with Gasteiger partial charge in [0, 0.05) is 13.0 Å². The molecule has 110 valence electrons. The van der Waals surface area contributed by atoms with Crippen LogP contribution in [-0.2, 0) is 10.0 Å². The zero-order valence-electron chi connectivity index (χ0n) is 11.5. The molecule has 20 heavy (non-hydrogen) atoms. The maximum absolute atomic E-state index is 13.1. The molecule has 4 nitrogen and oxygen atoms in total. The highest BCUT2D eigenvalue weighted by molar-refractivity contribution is 7.90. The second kappa shape index (κ2) is 6.35. The van der Waals surface area contributed by atoms with E-state index < -0.39 is 15.8 Å². The Balaban J connectivity index is 2.21. The summed E-state index contributed by atoms with van der Waals surface area (Å²) in [5.41, 5.74) is 0.393. The van der Waals surface area contributed by atoms with Crippen LogP contribution in [0.25, 0.3) is 0 Å². The summed E-state index contributed by atoms with van der Waals surface area (Å²) in [6.45, 7) is 2.23. The summed E-state index contributed by atoms with van der Waals surface area (Å²) in [5.74, 6) is 0.0677. The number of amidine groups is 1. The van der Waals surface area contributed by atoms with Gasteiger partial charge in [-0.1, -0.05) is 12.8 Å². The fourth-order valence-corrected chi connectivity index (χ4v) is 3.58. The van der Waals surface area contributed by atoms with Crippen LogP contribution in [0.3, 0.4) is 0 Å². The molecule has 1 N–H and O–H groups in total. The van der Waals surface area contributed by atoms with Crippen molar-refractivity contribution in [3.8, 4) is 0 Å². The van der Waals surface area contributed by atoms with E-state index in [1.807, 2.05) is 0 Å². The topological polar surface area (TPSA) is 58.5 Å². The van der Waals surface area contributed by atoms with Gasteiger partial charge in [0.15, 0.2) is 0 Å². The maximum atomic E-state index is 13.1. The van der Waals surface area contributed by atoms with Crippen LogP contribution in [0.15, 0.2) is 28.1 Å². The number of hydrogen-bond donors (Lipinski definition) is 1. The van der Waals surface area contributed by atoms with Gasteiger partial charge in [0.25, 0.3) is 10.0 Å². The van der Waals surface area contributed by atoms with Crippen LogP contribution in [0.4, 0.5) is 4.39 Å². The first-order chi connectivity index (χ1) is 9.49. The molecule has 2 rings (SSSR count). The molecule has 0 aliphatic carbocycles. The average molecular weight is 298 g/mol. The number of aryl methyl sites for hydroxylation is 1. The van der Waals surface area contributed by atoms with E-state index in [0.29, 0.717) is 24.4 Å². The van der Waals surface area contributed by atoms with Gasteiger partial charge in [-0.15, -0.1) is 0 Å². The molecule has 0 radical (unpaired) electrons. The number of nitrogens with zero attached hydrogens (tertiary/aromatic N) is 1. The molecule has 0 unspecified atom stereocenters. The molecule has 1 aliphatic heterocycles. The Morgan fingerprint density at radius 3 is 2.70 bits per heavy atom. The number of nitrogens with one attached hydrogen (secondary N) is 1. The van der Waals surface area contributed by atoms with Crippen molar-refractivity contribution in [3.63, 3.8) is 0 Å². The molecule has 6 heteroatoms. The molecular weight excluding hydrogens is 279 g/mol. The number of aliphatic imine (C=N–C) groups is 1. The van der Waals surface area contributed by atoms with E-state index in [9.17, 15) is 12.8 Å². The standard InChI is InChI=1S/C14H19FN2O2S/c1-11-10-12(15)7-8-13(11)20(18,19)17-14-6-4-2-3-5-9-16-14/h7-8,10H,2-6,9H2,1H3,(H,16,17). The second-order valence-corrected chi connectivity index (χ2v) is 6.66. The quantitative estimate of drug-likeness (QED) is 0.912. The molecule has 1 aliphatic rings. The molecular formula is C14H19FN2O2S. The Bertz CT molecular complexity index is 612. The smallest absolute Gasteiger partial charge is 0.263 e. The molecule has 0 amide bonds. The first kappa shape index (κ1) is 15.0. The Labute approximate surface area is 119 Å². The van der Waals surface area contributed by atoms with Gasteiger partial charge < -0.3 is 0 Å². The minimum absolute atomic E-state index is 0.101. The maximum Gasteiger partial charge on any atom is 0.263 e. The monoisotopic (exact) mass is 298 g/mol. The van der Waals surface area contributed by atoms with Crippen molar-refractivity contribution in [2.24, 2.45) is 4.99 Å². The minimum Gasteiger partial charge on any atom is -0.272 e. The van der Waals surface area contributed by atoms with Crippen molar-refractivity contribution in [1.82, 2.24) is 4.72 Å². The summed E-state index contributed by atoms with van der Waals surface area (Å²) in [6.07, 6.45) is 4.79. The Morgan fingerprint density at radius 2 is 1.95 bits per heavy atom. The Hall–Kier alpha value is -1.43. The molecule has 1 aromatic rings. The number of rotatable bonds is 2. The van der Waals surface area contributed by atoms with Gasteiger partial charge >= 0.3 is 0 Å². The summed E-state index contributed by atoms with van der Waals surface area (Å²) in [7, 11) is -3.68.